The standard InChI is InChI=1S/C15H12ClF3N4.2ClH/c16-13-10(15(17,18)19)6-20-14(23-13)21-7-1-2-8-9(5-7)12-4-3-11(8)22-12;;/h1-2,5-6,11-12,22H,3-4H2,(H,20,21,23);2*1H/t11-,12+;;/m0../s1. The summed E-state index contributed by atoms with van der Waals surface area (Å²) in [5, 5.41) is 5.81. The van der Waals surface area contributed by atoms with Crippen molar-refractivity contribution >= 4 is 48.1 Å². The fraction of sp³-hybridized carbons (Fsp3) is 0.333. The van der Waals surface area contributed by atoms with Crippen molar-refractivity contribution in [3.05, 3.63) is 46.2 Å². The molecule has 2 aliphatic rings. The summed E-state index contributed by atoms with van der Waals surface area (Å²) in [6.45, 7) is 0. The Morgan fingerprint density at radius 2 is 1.80 bits per heavy atom. The minimum atomic E-state index is -4.56. The van der Waals surface area contributed by atoms with E-state index in [4.69, 9.17) is 11.6 Å². The summed E-state index contributed by atoms with van der Waals surface area (Å²) in [5.74, 6) is 0.0408. The van der Waals surface area contributed by atoms with Gasteiger partial charge in [-0.1, -0.05) is 17.7 Å². The fourth-order valence-electron chi connectivity index (χ4n) is 3.25. The molecule has 0 radical (unpaired) electrons. The number of alkyl halides is 3. The highest BCUT2D eigenvalue weighted by molar-refractivity contribution is 6.30. The predicted octanol–water partition coefficient (Wildman–Crippen LogP) is 5.22. The lowest BCUT2D eigenvalue weighted by atomic mass is 9.91. The summed E-state index contributed by atoms with van der Waals surface area (Å²) in [4.78, 5) is 7.38. The van der Waals surface area contributed by atoms with Gasteiger partial charge in [-0.05, 0) is 36.1 Å². The zero-order valence-electron chi connectivity index (χ0n) is 12.6. The van der Waals surface area contributed by atoms with E-state index in [1.54, 1.807) is 0 Å². The zero-order valence-corrected chi connectivity index (χ0v) is 15.0. The monoisotopic (exact) mass is 412 g/mol. The first kappa shape index (κ1) is 20.0. The Morgan fingerprint density at radius 1 is 1.12 bits per heavy atom. The van der Waals surface area contributed by atoms with Crippen molar-refractivity contribution in [3.8, 4) is 0 Å². The average molecular weight is 414 g/mol. The van der Waals surface area contributed by atoms with Crippen LogP contribution in [0.3, 0.4) is 0 Å². The summed E-state index contributed by atoms with van der Waals surface area (Å²) in [7, 11) is 0. The lowest BCUT2D eigenvalue weighted by Crippen LogP contribution is -2.09. The molecule has 1 saturated heterocycles. The highest BCUT2D eigenvalue weighted by atomic mass is 35.5. The van der Waals surface area contributed by atoms with Crippen LogP contribution in [-0.4, -0.2) is 9.97 Å². The number of benzene rings is 1. The molecule has 1 aromatic heterocycles. The predicted molar refractivity (Wildman–Crippen MR) is 94.1 cm³/mol. The fourth-order valence-corrected chi connectivity index (χ4v) is 3.48. The van der Waals surface area contributed by atoms with Crippen molar-refractivity contribution in [3.63, 3.8) is 0 Å². The molecular weight excluding hydrogens is 400 g/mol. The topological polar surface area (TPSA) is 49.8 Å². The van der Waals surface area contributed by atoms with E-state index >= 15 is 0 Å². The number of hydrogen-bond acceptors (Lipinski definition) is 4. The van der Waals surface area contributed by atoms with Gasteiger partial charge in [0, 0.05) is 24.0 Å². The van der Waals surface area contributed by atoms with Gasteiger partial charge in [0.15, 0.2) is 0 Å². The molecule has 1 aromatic carbocycles. The van der Waals surface area contributed by atoms with Gasteiger partial charge in [0.05, 0.1) is 0 Å². The Hall–Kier alpha value is -1.28. The van der Waals surface area contributed by atoms with Crippen LogP contribution in [0.5, 0.6) is 0 Å². The van der Waals surface area contributed by atoms with Gasteiger partial charge < -0.3 is 10.6 Å². The van der Waals surface area contributed by atoms with E-state index in [2.05, 4.69) is 20.6 Å². The Kier molecular flexibility index (Phi) is 5.73. The van der Waals surface area contributed by atoms with Gasteiger partial charge in [-0.2, -0.15) is 13.2 Å². The van der Waals surface area contributed by atoms with Crippen LogP contribution in [-0.2, 0) is 6.18 Å². The zero-order chi connectivity index (χ0) is 16.2. The summed E-state index contributed by atoms with van der Waals surface area (Å²) in [5.41, 5.74) is 2.21. The van der Waals surface area contributed by atoms with Crippen molar-refractivity contribution in [1.82, 2.24) is 15.3 Å². The van der Waals surface area contributed by atoms with Crippen LogP contribution >= 0.6 is 36.4 Å². The van der Waals surface area contributed by atoms with Crippen molar-refractivity contribution < 1.29 is 13.2 Å². The molecule has 25 heavy (non-hydrogen) atoms. The van der Waals surface area contributed by atoms with E-state index in [1.807, 2.05) is 18.2 Å². The Labute approximate surface area is 159 Å². The molecule has 3 heterocycles. The number of halogens is 6. The van der Waals surface area contributed by atoms with Crippen LogP contribution in [0.1, 0.15) is 41.6 Å². The minimum absolute atomic E-state index is 0. The van der Waals surface area contributed by atoms with E-state index in [9.17, 15) is 13.2 Å². The maximum Gasteiger partial charge on any atom is 0.420 e. The van der Waals surface area contributed by atoms with Gasteiger partial charge in [-0.15, -0.1) is 24.8 Å². The van der Waals surface area contributed by atoms with Crippen LogP contribution in [0, 0.1) is 0 Å². The van der Waals surface area contributed by atoms with Crippen molar-refractivity contribution in [2.45, 2.75) is 31.1 Å². The van der Waals surface area contributed by atoms with E-state index in [1.165, 1.54) is 11.1 Å². The largest absolute Gasteiger partial charge is 0.420 e. The molecule has 4 rings (SSSR count). The molecule has 136 valence electrons. The molecule has 1 fully saturated rings. The van der Waals surface area contributed by atoms with Gasteiger partial charge in [0.1, 0.15) is 10.7 Å². The van der Waals surface area contributed by atoms with E-state index < -0.39 is 16.9 Å². The maximum atomic E-state index is 12.7. The van der Waals surface area contributed by atoms with Crippen molar-refractivity contribution in [2.75, 3.05) is 5.32 Å². The number of aromatic nitrogens is 2. The third kappa shape index (κ3) is 3.65. The molecular formula is C15H14Cl3F3N4. The number of nitrogens with zero attached hydrogens (tertiary/aromatic N) is 2. The van der Waals surface area contributed by atoms with Crippen molar-refractivity contribution in [2.24, 2.45) is 0 Å². The number of anilines is 2. The molecule has 4 nitrogen and oxygen atoms in total. The average Bonchev–Trinajstić information content (AvgIpc) is 3.07. The van der Waals surface area contributed by atoms with E-state index in [0.717, 1.165) is 18.5 Å². The number of hydrogen-bond donors (Lipinski definition) is 2. The van der Waals surface area contributed by atoms with Crippen LogP contribution in [0.25, 0.3) is 0 Å². The van der Waals surface area contributed by atoms with Crippen LogP contribution in [0.15, 0.2) is 24.4 Å². The molecule has 2 aliphatic heterocycles. The molecule has 0 saturated carbocycles. The van der Waals surface area contributed by atoms with Gasteiger partial charge in [0.2, 0.25) is 5.95 Å². The molecule has 2 aromatic rings. The second kappa shape index (κ2) is 7.15. The lowest BCUT2D eigenvalue weighted by Gasteiger charge is -2.15. The molecule has 2 atom stereocenters. The lowest BCUT2D eigenvalue weighted by molar-refractivity contribution is -0.137. The Morgan fingerprint density at radius 3 is 2.44 bits per heavy atom. The van der Waals surface area contributed by atoms with Gasteiger partial charge in [-0.3, -0.25) is 0 Å². The van der Waals surface area contributed by atoms with Crippen molar-refractivity contribution in [1.29, 1.82) is 0 Å². The molecule has 0 spiro atoms. The van der Waals surface area contributed by atoms with Crippen LogP contribution < -0.4 is 10.6 Å². The normalized spacial score (nSPS) is 20.5. The molecule has 0 aliphatic carbocycles. The van der Waals surface area contributed by atoms with E-state index in [-0.39, 0.29) is 30.8 Å². The third-order valence-electron chi connectivity index (χ3n) is 4.29. The Bertz CT molecular complexity index is 785. The molecule has 2 bridgehead atoms. The smallest absolute Gasteiger partial charge is 0.324 e. The summed E-state index contributed by atoms with van der Waals surface area (Å²) < 4.78 is 38.0. The van der Waals surface area contributed by atoms with Crippen LogP contribution in [0.2, 0.25) is 5.15 Å². The highest BCUT2D eigenvalue weighted by Crippen LogP contribution is 2.45. The quantitative estimate of drug-likeness (QED) is 0.663. The molecule has 0 amide bonds. The second-order valence-corrected chi connectivity index (χ2v) is 6.07. The minimum Gasteiger partial charge on any atom is -0.324 e. The molecule has 10 heteroatoms. The highest BCUT2D eigenvalue weighted by Gasteiger charge is 2.36. The molecule has 0 unspecified atom stereocenters. The maximum absolute atomic E-state index is 12.7. The first-order valence-electron chi connectivity index (χ1n) is 7.18. The number of fused-ring (bicyclic) bond motifs is 5. The second-order valence-electron chi connectivity index (χ2n) is 5.71. The van der Waals surface area contributed by atoms with Gasteiger partial charge >= 0.3 is 6.18 Å². The summed E-state index contributed by atoms with van der Waals surface area (Å²) >= 11 is 5.60. The number of rotatable bonds is 2. The SMILES string of the molecule is Cl.Cl.FC(F)(F)c1cnc(Nc2ccc3c(c2)[C@H]2CC[C@@H]3N2)nc1Cl. The van der Waals surface area contributed by atoms with Gasteiger partial charge in [-0.25, -0.2) is 9.97 Å². The first-order chi connectivity index (χ1) is 10.9. The van der Waals surface area contributed by atoms with Crippen LogP contribution in [0.4, 0.5) is 24.8 Å². The first-order valence-corrected chi connectivity index (χ1v) is 7.56. The summed E-state index contributed by atoms with van der Waals surface area (Å²) in [6, 6.07) is 6.66. The molecule has 2 N–H and O–H groups in total. The number of nitrogens with one attached hydrogen (secondary N) is 2. The Balaban J connectivity index is 0.00000113. The summed E-state index contributed by atoms with van der Waals surface area (Å²) in [6.07, 6.45) is -1.63. The van der Waals surface area contributed by atoms with Gasteiger partial charge in [0.25, 0.3) is 0 Å². The third-order valence-corrected chi connectivity index (χ3v) is 4.58. The van der Waals surface area contributed by atoms with E-state index in [0.29, 0.717) is 18.3 Å².